The summed E-state index contributed by atoms with van der Waals surface area (Å²) in [4.78, 5) is 18.7. The largest absolute Gasteiger partial charge is 0.481 e. The molecule has 2 heterocycles. The van der Waals surface area contributed by atoms with Crippen LogP contribution in [0.4, 0.5) is 0 Å². The molecule has 2 rings (SSSR count). The molecule has 14 heavy (non-hydrogen) atoms. The fourth-order valence-corrected chi connectivity index (χ4v) is 2.33. The molecule has 0 aliphatic carbocycles. The van der Waals surface area contributed by atoms with Gasteiger partial charge in [-0.25, -0.2) is 9.97 Å². The average molecular weight is 210 g/mol. The van der Waals surface area contributed by atoms with Crippen LogP contribution in [0.25, 0.3) is 0 Å². The Hall–Kier alpha value is -1.10. The van der Waals surface area contributed by atoms with Gasteiger partial charge in [-0.1, -0.05) is 0 Å². The molecule has 0 fully saturated rings. The molecule has 0 spiro atoms. The molecule has 0 saturated heterocycles. The Kier molecular flexibility index (Phi) is 2.67. The number of hydrogen-bond acceptors (Lipinski definition) is 4. The first-order valence-electron chi connectivity index (χ1n) is 4.39. The minimum Gasteiger partial charge on any atom is -0.481 e. The highest BCUT2D eigenvalue weighted by atomic mass is 32.2. The van der Waals surface area contributed by atoms with Gasteiger partial charge >= 0.3 is 5.97 Å². The Morgan fingerprint density at radius 3 is 3.29 bits per heavy atom. The van der Waals surface area contributed by atoms with Crippen LogP contribution in [0.5, 0.6) is 0 Å². The number of nitrogens with zero attached hydrogens (tertiary/aromatic N) is 2. The van der Waals surface area contributed by atoms with Gasteiger partial charge in [-0.15, -0.1) is 0 Å². The minimum atomic E-state index is -0.880. The topological polar surface area (TPSA) is 63.1 Å². The van der Waals surface area contributed by atoms with E-state index in [0.29, 0.717) is 5.82 Å². The number of rotatable bonds is 2. The Morgan fingerprint density at radius 2 is 2.50 bits per heavy atom. The van der Waals surface area contributed by atoms with Crippen LogP contribution in [-0.2, 0) is 23.4 Å². The van der Waals surface area contributed by atoms with E-state index in [1.807, 2.05) is 11.8 Å². The number of carboxylic acids is 1. The molecular weight excluding hydrogens is 200 g/mol. The number of aromatic nitrogens is 2. The minimum absolute atomic E-state index is 0.0829. The highest BCUT2D eigenvalue weighted by Crippen LogP contribution is 2.22. The first-order valence-corrected chi connectivity index (χ1v) is 5.54. The standard InChI is InChI=1S/C9H10N2O2S/c12-9(13)3-8-10-4-6-5-14-2-1-7(6)11-8/h4H,1-3,5H2,(H,12,13). The van der Waals surface area contributed by atoms with Gasteiger partial charge in [-0.3, -0.25) is 4.79 Å². The van der Waals surface area contributed by atoms with Crippen molar-refractivity contribution >= 4 is 17.7 Å². The first-order chi connectivity index (χ1) is 6.75. The van der Waals surface area contributed by atoms with E-state index in [1.165, 1.54) is 0 Å². The van der Waals surface area contributed by atoms with Crippen molar-refractivity contribution in [3.8, 4) is 0 Å². The summed E-state index contributed by atoms with van der Waals surface area (Å²) < 4.78 is 0. The molecule has 0 aromatic carbocycles. The van der Waals surface area contributed by atoms with Crippen LogP contribution >= 0.6 is 11.8 Å². The van der Waals surface area contributed by atoms with E-state index in [0.717, 1.165) is 29.2 Å². The van der Waals surface area contributed by atoms with E-state index < -0.39 is 5.97 Å². The van der Waals surface area contributed by atoms with Crippen molar-refractivity contribution in [3.05, 3.63) is 23.3 Å². The summed E-state index contributed by atoms with van der Waals surface area (Å²) in [6.45, 7) is 0. The molecular formula is C9H10N2O2S. The van der Waals surface area contributed by atoms with E-state index in [9.17, 15) is 4.79 Å². The van der Waals surface area contributed by atoms with Crippen LogP contribution in [0.15, 0.2) is 6.20 Å². The molecule has 74 valence electrons. The number of aryl methyl sites for hydroxylation is 1. The summed E-state index contributed by atoms with van der Waals surface area (Å²) in [5.41, 5.74) is 2.17. The normalized spacial score (nSPS) is 14.9. The molecule has 1 aliphatic heterocycles. The lowest BCUT2D eigenvalue weighted by molar-refractivity contribution is -0.136. The molecule has 0 saturated carbocycles. The second-order valence-electron chi connectivity index (χ2n) is 3.13. The zero-order chi connectivity index (χ0) is 9.97. The van der Waals surface area contributed by atoms with Gasteiger partial charge in [0.25, 0.3) is 0 Å². The highest BCUT2D eigenvalue weighted by molar-refractivity contribution is 7.98. The monoisotopic (exact) mass is 210 g/mol. The molecule has 1 aliphatic rings. The van der Waals surface area contributed by atoms with Crippen molar-refractivity contribution in [2.75, 3.05) is 5.75 Å². The van der Waals surface area contributed by atoms with Gasteiger partial charge in [0.15, 0.2) is 0 Å². The fourth-order valence-electron chi connectivity index (χ4n) is 1.39. The average Bonchev–Trinajstić information content (AvgIpc) is 2.17. The molecule has 1 N–H and O–H groups in total. The number of fused-ring (bicyclic) bond motifs is 1. The van der Waals surface area contributed by atoms with Crippen molar-refractivity contribution < 1.29 is 9.90 Å². The van der Waals surface area contributed by atoms with Crippen molar-refractivity contribution in [2.45, 2.75) is 18.6 Å². The van der Waals surface area contributed by atoms with Gasteiger partial charge in [0.1, 0.15) is 12.2 Å². The van der Waals surface area contributed by atoms with Crippen LogP contribution in [0.3, 0.4) is 0 Å². The number of aliphatic carboxylic acids is 1. The maximum Gasteiger partial charge on any atom is 0.311 e. The number of carboxylic acid groups (broad SMARTS) is 1. The highest BCUT2D eigenvalue weighted by Gasteiger charge is 2.13. The van der Waals surface area contributed by atoms with Crippen molar-refractivity contribution in [2.24, 2.45) is 0 Å². The maximum absolute atomic E-state index is 10.5. The van der Waals surface area contributed by atoms with Crippen LogP contribution in [0.1, 0.15) is 17.1 Å². The Bertz CT molecular complexity index is 368. The van der Waals surface area contributed by atoms with E-state index in [2.05, 4.69) is 9.97 Å². The van der Waals surface area contributed by atoms with Crippen LogP contribution in [-0.4, -0.2) is 26.8 Å². The van der Waals surface area contributed by atoms with Crippen molar-refractivity contribution in [3.63, 3.8) is 0 Å². The molecule has 0 amide bonds. The first kappa shape index (κ1) is 9.45. The fraction of sp³-hybridized carbons (Fsp3) is 0.444. The summed E-state index contributed by atoms with van der Waals surface area (Å²) in [7, 11) is 0. The number of thioether (sulfide) groups is 1. The quantitative estimate of drug-likeness (QED) is 0.785. The maximum atomic E-state index is 10.5. The van der Waals surface area contributed by atoms with Gasteiger partial charge in [0, 0.05) is 23.2 Å². The second-order valence-corrected chi connectivity index (χ2v) is 4.24. The van der Waals surface area contributed by atoms with Crippen LogP contribution in [0.2, 0.25) is 0 Å². The van der Waals surface area contributed by atoms with Crippen LogP contribution in [0, 0.1) is 0 Å². The molecule has 0 radical (unpaired) electrons. The second kappa shape index (κ2) is 3.96. The Balaban J connectivity index is 2.24. The van der Waals surface area contributed by atoms with E-state index in [4.69, 9.17) is 5.11 Å². The smallest absolute Gasteiger partial charge is 0.311 e. The van der Waals surface area contributed by atoms with Crippen LogP contribution < -0.4 is 0 Å². The third kappa shape index (κ3) is 2.04. The van der Waals surface area contributed by atoms with E-state index in [1.54, 1.807) is 6.20 Å². The van der Waals surface area contributed by atoms with E-state index in [-0.39, 0.29) is 6.42 Å². The summed E-state index contributed by atoms with van der Waals surface area (Å²) in [5, 5.41) is 8.59. The summed E-state index contributed by atoms with van der Waals surface area (Å²) in [6, 6.07) is 0. The zero-order valence-electron chi connectivity index (χ0n) is 7.56. The lowest BCUT2D eigenvalue weighted by Crippen LogP contribution is -2.11. The Labute approximate surface area is 85.8 Å². The predicted octanol–water partition coefficient (Wildman–Crippen LogP) is 0.893. The van der Waals surface area contributed by atoms with E-state index >= 15 is 0 Å². The van der Waals surface area contributed by atoms with Gasteiger partial charge in [-0.2, -0.15) is 11.8 Å². The van der Waals surface area contributed by atoms with Gasteiger partial charge in [-0.05, 0) is 12.2 Å². The predicted molar refractivity (Wildman–Crippen MR) is 53.2 cm³/mol. The Morgan fingerprint density at radius 1 is 1.64 bits per heavy atom. The lowest BCUT2D eigenvalue weighted by Gasteiger charge is -2.13. The van der Waals surface area contributed by atoms with Crippen molar-refractivity contribution in [1.82, 2.24) is 9.97 Å². The summed E-state index contributed by atoms with van der Waals surface area (Å²) >= 11 is 1.86. The van der Waals surface area contributed by atoms with Gasteiger partial charge in [0.05, 0.1) is 0 Å². The molecule has 0 bridgehead atoms. The molecule has 1 aromatic heterocycles. The molecule has 0 unspecified atom stereocenters. The lowest BCUT2D eigenvalue weighted by atomic mass is 10.2. The molecule has 5 heteroatoms. The summed E-state index contributed by atoms with van der Waals surface area (Å²) in [5.74, 6) is 1.55. The number of carbonyl (C=O) groups is 1. The zero-order valence-corrected chi connectivity index (χ0v) is 8.38. The van der Waals surface area contributed by atoms with Gasteiger partial charge < -0.3 is 5.11 Å². The molecule has 4 nitrogen and oxygen atoms in total. The van der Waals surface area contributed by atoms with Crippen molar-refractivity contribution in [1.29, 1.82) is 0 Å². The van der Waals surface area contributed by atoms with Gasteiger partial charge in [0.2, 0.25) is 0 Å². The molecule has 0 atom stereocenters. The summed E-state index contributed by atoms with van der Waals surface area (Å²) in [6.07, 6.45) is 2.60. The SMILES string of the molecule is O=C(O)Cc1ncc2c(n1)CCSC2. The third-order valence-electron chi connectivity index (χ3n) is 2.05. The third-order valence-corrected chi connectivity index (χ3v) is 3.06. The number of hydrogen-bond donors (Lipinski definition) is 1. The molecule has 1 aromatic rings.